The Morgan fingerprint density at radius 3 is 0.633 bits per heavy atom. The van der Waals surface area contributed by atoms with E-state index in [4.69, 9.17) is 58.1 Å². The van der Waals surface area contributed by atoms with Gasteiger partial charge < -0.3 is 28.0 Å². The van der Waals surface area contributed by atoms with Crippen LogP contribution >= 0.6 is 0 Å². The normalized spacial score (nSPS) is 15.9. The third-order valence-electron chi connectivity index (χ3n) is 29.7. The Balaban J connectivity index is 0.000000109. The molecular formula is C135H90N12O3. The van der Waals surface area contributed by atoms with Crippen LogP contribution in [0.5, 0.6) is 0 Å². The Kier molecular flexibility index (Phi) is 22.0. The SMILES string of the molecule is C1=CC2C(c3ccccc3N2c2ccc(-c3ccccc3)cc2)c2c1oc1c(-c3nc(-c4ccccc4)nc(-c4ccc(-c5ccccc5)cc4)n3)cccc21.C1=CC2C(c3ccccc3N2c2ccc(-c3ccccc3)cc2)c2c1oc1c(-c3nc(-c4ccccc4)nc(-c4ccccc4)n3)cccc21.C1=CC2C(c3ccccc3N2c2ccccc2)c2c1oc1c(-c3nc(-c4ccccc4)nc(-c4ccccc4)n3)cccc21. The highest BCUT2D eigenvalue weighted by Crippen LogP contribution is 2.59. The number of fused-ring (bicyclic) bond motifs is 21. The number of hydrogen-bond donors (Lipinski definition) is 0. The standard InChI is InChI=1S/C51H34N4O.C45H30N4O.C39H26N4O/c1-4-13-33(14-5-1)35-23-25-38(26-24-35)50-52-49(37-17-8-3-9-18-37)53-51(54-50)42-21-12-20-41-47-45(56-48(41)42)32-31-44-46(47)40-19-10-11-22-43(40)55(44)39-29-27-36(28-30-39)34-15-6-2-7-16-34;1-4-13-29(14-5-1)30-23-25-33(26-24-30)49-37-22-11-10-19-34(37)40-38(49)27-28-39-41(40)35-20-12-21-36(42(35)50-39)45-47-43(31-15-6-2-7-16-31)46-44(48-45)32-17-8-3-9-18-32;1-4-13-25(14-5-1)37-40-38(26-15-6-2-7-16-26)42-39(41-37)30-21-12-20-29-35-33(44-36(29)30)24-23-32-34(35)28-19-10-11-22-31(28)43(32)27-17-8-3-9-18-27/h1-32,44,46H;1-28,38,40H;1-24,32,34H. The first kappa shape index (κ1) is 88.0. The van der Waals surface area contributed by atoms with Gasteiger partial charge in [-0.2, -0.15) is 0 Å². The molecule has 0 spiro atoms. The summed E-state index contributed by atoms with van der Waals surface area (Å²) >= 11 is 0. The molecule has 30 rings (SSSR count). The number of nitrogens with zero attached hydrogens (tertiary/aromatic N) is 12. The number of rotatable bonds is 15. The second-order valence-electron chi connectivity index (χ2n) is 38.3. The van der Waals surface area contributed by atoms with Crippen molar-refractivity contribution in [1.29, 1.82) is 0 Å². The van der Waals surface area contributed by atoms with Gasteiger partial charge in [0.25, 0.3) is 0 Å². The van der Waals surface area contributed by atoms with Gasteiger partial charge in [-0.15, -0.1) is 0 Å². The zero-order valence-electron chi connectivity index (χ0n) is 81.1. The summed E-state index contributed by atoms with van der Waals surface area (Å²) < 4.78 is 20.4. The van der Waals surface area contributed by atoms with Crippen molar-refractivity contribution in [2.24, 2.45) is 0 Å². The average Bonchev–Trinajstić information content (AvgIpc) is 1.56. The smallest absolute Gasteiger partial charge is 0.167 e. The molecule has 18 aromatic carbocycles. The molecule has 0 radical (unpaired) electrons. The highest BCUT2D eigenvalue weighted by Gasteiger charge is 2.48. The number of aromatic nitrogens is 9. The highest BCUT2D eigenvalue weighted by molar-refractivity contribution is 6.02. The lowest BCUT2D eigenvalue weighted by Gasteiger charge is -2.30. The average molecular weight is 1930 g/mol. The fourth-order valence-electron chi connectivity index (χ4n) is 22.9. The monoisotopic (exact) mass is 1930 g/mol. The first-order valence-corrected chi connectivity index (χ1v) is 50.8. The van der Waals surface area contributed by atoms with Crippen molar-refractivity contribution < 1.29 is 13.3 Å². The minimum Gasteiger partial charge on any atom is -0.456 e. The molecule has 150 heavy (non-hydrogen) atoms. The topological polar surface area (TPSA) is 165 Å². The Labute approximate surface area is 866 Å². The molecule has 0 amide bonds. The molecule has 15 heteroatoms. The second kappa shape index (κ2) is 37.4. The number of para-hydroxylation sites is 7. The van der Waals surface area contributed by atoms with Crippen molar-refractivity contribution in [3.8, 4) is 136 Å². The molecule has 15 nitrogen and oxygen atoms in total. The van der Waals surface area contributed by atoms with Gasteiger partial charge in [-0.1, -0.05) is 419 Å². The summed E-state index contributed by atoms with van der Waals surface area (Å²) in [5.41, 5.74) is 32.3. The quantitative estimate of drug-likeness (QED) is 0.0951. The molecule has 24 aromatic rings. The van der Waals surface area contributed by atoms with E-state index < -0.39 is 0 Å². The molecule has 6 aliphatic rings. The van der Waals surface area contributed by atoms with Crippen LogP contribution < -0.4 is 14.7 Å². The number of hydrogen-bond acceptors (Lipinski definition) is 15. The van der Waals surface area contributed by atoms with E-state index in [0.717, 1.165) is 112 Å². The van der Waals surface area contributed by atoms with Gasteiger partial charge in [-0.25, -0.2) is 44.9 Å². The van der Waals surface area contributed by atoms with Gasteiger partial charge in [0.1, 0.15) is 34.0 Å². The maximum absolute atomic E-state index is 6.86. The molecule has 0 bridgehead atoms. The van der Waals surface area contributed by atoms with Crippen molar-refractivity contribution >= 4 is 85.3 Å². The van der Waals surface area contributed by atoms with Gasteiger partial charge in [0.2, 0.25) is 0 Å². The van der Waals surface area contributed by atoms with Crippen molar-refractivity contribution in [2.45, 2.75) is 35.9 Å². The summed E-state index contributed by atoms with van der Waals surface area (Å²) in [6.07, 6.45) is 13.3. The maximum atomic E-state index is 6.86. The van der Waals surface area contributed by atoms with Crippen LogP contribution in [0.4, 0.5) is 34.1 Å². The van der Waals surface area contributed by atoms with Crippen LogP contribution in [0.1, 0.15) is 68.4 Å². The molecule has 0 N–H and O–H groups in total. The number of anilines is 6. The van der Waals surface area contributed by atoms with Gasteiger partial charge in [0.05, 0.1) is 34.8 Å². The summed E-state index contributed by atoms with van der Waals surface area (Å²) in [6.45, 7) is 0. The molecule has 0 fully saturated rings. The van der Waals surface area contributed by atoms with Crippen LogP contribution in [-0.2, 0) is 0 Å². The van der Waals surface area contributed by atoms with Crippen LogP contribution in [0, 0.1) is 0 Å². The summed E-state index contributed by atoms with van der Waals surface area (Å²) in [7, 11) is 0. The van der Waals surface area contributed by atoms with Crippen LogP contribution in [0.3, 0.4) is 0 Å². The van der Waals surface area contributed by atoms with E-state index in [0.29, 0.717) is 52.4 Å². The number of furan rings is 3. The van der Waals surface area contributed by atoms with E-state index in [1.807, 2.05) is 158 Å². The van der Waals surface area contributed by atoms with E-state index in [2.05, 4.69) is 367 Å². The molecule has 0 saturated heterocycles. The number of benzene rings is 18. The molecule has 708 valence electrons. The molecule has 0 saturated carbocycles. The van der Waals surface area contributed by atoms with Gasteiger partial charge in [0, 0.05) is 118 Å². The van der Waals surface area contributed by atoms with Crippen molar-refractivity contribution in [3.05, 3.63) is 542 Å². The van der Waals surface area contributed by atoms with E-state index in [1.54, 1.807) is 0 Å². The summed E-state index contributed by atoms with van der Waals surface area (Å²) in [4.78, 5) is 52.5. The Morgan fingerprint density at radius 1 is 0.167 bits per heavy atom. The fraction of sp³-hybridized carbons (Fsp3) is 0.0444. The lowest BCUT2D eigenvalue weighted by atomic mass is 9.82. The van der Waals surface area contributed by atoms with Crippen LogP contribution in [0.15, 0.2) is 505 Å². The minimum absolute atomic E-state index is 0.0772. The largest absolute Gasteiger partial charge is 0.456 e. The predicted molar refractivity (Wildman–Crippen MR) is 603 cm³/mol. The highest BCUT2D eigenvalue weighted by atomic mass is 16.3. The summed E-state index contributed by atoms with van der Waals surface area (Å²) in [5, 5.41) is 3.24. The zero-order valence-corrected chi connectivity index (χ0v) is 81.1. The van der Waals surface area contributed by atoms with Gasteiger partial charge in [0.15, 0.2) is 52.4 Å². The Hall–Kier alpha value is -19.8. The fourth-order valence-corrected chi connectivity index (χ4v) is 22.9. The van der Waals surface area contributed by atoms with E-state index in [9.17, 15) is 0 Å². The molecule has 3 aliphatic heterocycles. The molecule has 6 unspecified atom stereocenters. The predicted octanol–water partition coefficient (Wildman–Crippen LogP) is 32.9. The molecular weight excluding hydrogens is 1840 g/mol. The zero-order chi connectivity index (χ0) is 99.1. The Morgan fingerprint density at radius 2 is 0.367 bits per heavy atom. The molecule has 6 atom stereocenters. The van der Waals surface area contributed by atoms with Crippen molar-refractivity contribution in [2.75, 3.05) is 14.7 Å². The summed E-state index contributed by atoms with van der Waals surface area (Å²) in [6, 6.07) is 164. The minimum atomic E-state index is 0.0772. The maximum Gasteiger partial charge on any atom is 0.167 e. The van der Waals surface area contributed by atoms with Gasteiger partial charge in [-0.3, -0.25) is 0 Å². The van der Waals surface area contributed by atoms with E-state index in [1.165, 1.54) is 89.6 Å². The van der Waals surface area contributed by atoms with Crippen LogP contribution in [-0.4, -0.2) is 63.0 Å². The summed E-state index contributed by atoms with van der Waals surface area (Å²) in [5.74, 6) is 8.43. The second-order valence-corrected chi connectivity index (χ2v) is 38.3. The molecule has 3 aliphatic carbocycles. The van der Waals surface area contributed by atoms with E-state index >= 15 is 0 Å². The van der Waals surface area contributed by atoms with Crippen molar-refractivity contribution in [1.82, 2.24) is 44.9 Å². The van der Waals surface area contributed by atoms with Crippen LogP contribution in [0.2, 0.25) is 0 Å². The lowest BCUT2D eigenvalue weighted by Crippen LogP contribution is -2.30. The Bertz CT molecular complexity index is 9230. The van der Waals surface area contributed by atoms with Gasteiger partial charge in [-0.05, 0) is 141 Å². The molecule has 6 aromatic heterocycles. The van der Waals surface area contributed by atoms with Crippen LogP contribution in [0.25, 0.3) is 187 Å². The third kappa shape index (κ3) is 15.6. The van der Waals surface area contributed by atoms with Gasteiger partial charge >= 0.3 is 0 Å². The first-order valence-electron chi connectivity index (χ1n) is 50.8. The first-order chi connectivity index (χ1) is 74.4. The van der Waals surface area contributed by atoms with Crippen molar-refractivity contribution in [3.63, 3.8) is 0 Å². The third-order valence-corrected chi connectivity index (χ3v) is 29.7. The van der Waals surface area contributed by atoms with E-state index in [-0.39, 0.29) is 35.9 Å². The lowest BCUT2D eigenvalue weighted by molar-refractivity contribution is 0.584. The molecule has 9 heterocycles.